The van der Waals surface area contributed by atoms with Crippen LogP contribution in [0, 0.1) is 11.3 Å². The van der Waals surface area contributed by atoms with Gasteiger partial charge in [-0.3, -0.25) is 0 Å². The smallest absolute Gasteiger partial charge is 0.326 e. The second kappa shape index (κ2) is 6.06. The van der Waals surface area contributed by atoms with E-state index in [9.17, 15) is 9.59 Å². The molecular formula is C14H15N3O3. The SMILES string of the molecule is N#Cc1ccc(NC(=O)N2CCCCC2C(=O)O)cc1. The molecule has 0 saturated carbocycles. The van der Waals surface area contributed by atoms with E-state index in [0.29, 0.717) is 24.2 Å². The van der Waals surface area contributed by atoms with Gasteiger partial charge in [0.25, 0.3) is 0 Å². The Morgan fingerprint density at radius 3 is 2.60 bits per heavy atom. The van der Waals surface area contributed by atoms with E-state index in [1.165, 1.54) is 4.90 Å². The van der Waals surface area contributed by atoms with Crippen molar-refractivity contribution in [3.05, 3.63) is 29.8 Å². The minimum Gasteiger partial charge on any atom is -0.480 e. The number of rotatable bonds is 2. The lowest BCUT2D eigenvalue weighted by molar-refractivity contribution is -0.143. The second-order valence-corrected chi connectivity index (χ2v) is 4.66. The average molecular weight is 273 g/mol. The van der Waals surface area contributed by atoms with Crippen molar-refractivity contribution in [2.24, 2.45) is 0 Å². The number of piperidine rings is 1. The Hall–Kier alpha value is -2.55. The van der Waals surface area contributed by atoms with Crippen molar-refractivity contribution >= 4 is 17.7 Å². The Kier molecular flexibility index (Phi) is 4.20. The zero-order valence-corrected chi connectivity index (χ0v) is 10.9. The van der Waals surface area contributed by atoms with E-state index in [1.807, 2.05) is 6.07 Å². The van der Waals surface area contributed by atoms with E-state index in [4.69, 9.17) is 10.4 Å². The maximum absolute atomic E-state index is 12.1. The van der Waals surface area contributed by atoms with Crippen LogP contribution in [-0.2, 0) is 4.79 Å². The third-order valence-corrected chi connectivity index (χ3v) is 3.31. The lowest BCUT2D eigenvalue weighted by atomic mass is 10.0. The predicted octanol–water partition coefficient (Wildman–Crippen LogP) is 2.03. The zero-order valence-electron chi connectivity index (χ0n) is 10.9. The number of amides is 2. The molecule has 1 aromatic carbocycles. The maximum Gasteiger partial charge on any atom is 0.326 e. The molecule has 1 aliphatic heterocycles. The molecule has 6 heteroatoms. The lowest BCUT2D eigenvalue weighted by Crippen LogP contribution is -2.49. The van der Waals surface area contributed by atoms with Gasteiger partial charge in [-0.05, 0) is 43.5 Å². The van der Waals surface area contributed by atoms with Gasteiger partial charge in [0.1, 0.15) is 6.04 Å². The highest BCUT2D eigenvalue weighted by atomic mass is 16.4. The first-order chi connectivity index (χ1) is 9.61. The van der Waals surface area contributed by atoms with Crippen LogP contribution in [0.3, 0.4) is 0 Å². The number of benzene rings is 1. The number of nitrogens with zero attached hydrogens (tertiary/aromatic N) is 2. The van der Waals surface area contributed by atoms with E-state index >= 15 is 0 Å². The lowest BCUT2D eigenvalue weighted by Gasteiger charge is -2.32. The number of urea groups is 1. The van der Waals surface area contributed by atoms with Crippen molar-refractivity contribution in [2.45, 2.75) is 25.3 Å². The highest BCUT2D eigenvalue weighted by Gasteiger charge is 2.31. The van der Waals surface area contributed by atoms with Gasteiger partial charge in [0.05, 0.1) is 11.6 Å². The minimum atomic E-state index is -0.973. The molecule has 2 N–H and O–H groups in total. The van der Waals surface area contributed by atoms with Gasteiger partial charge >= 0.3 is 12.0 Å². The van der Waals surface area contributed by atoms with Crippen LogP contribution in [0.1, 0.15) is 24.8 Å². The van der Waals surface area contributed by atoms with Gasteiger partial charge in [0.2, 0.25) is 0 Å². The van der Waals surface area contributed by atoms with Gasteiger partial charge < -0.3 is 15.3 Å². The number of carboxylic acids is 1. The van der Waals surface area contributed by atoms with E-state index < -0.39 is 18.0 Å². The van der Waals surface area contributed by atoms with Gasteiger partial charge in [-0.2, -0.15) is 5.26 Å². The van der Waals surface area contributed by atoms with Crippen molar-refractivity contribution in [1.82, 2.24) is 4.90 Å². The molecule has 1 aliphatic rings. The number of carboxylic acid groups (broad SMARTS) is 1. The summed E-state index contributed by atoms with van der Waals surface area (Å²) in [6, 6.07) is 7.25. The molecule has 1 heterocycles. The molecule has 1 aromatic rings. The summed E-state index contributed by atoms with van der Waals surface area (Å²) in [5.74, 6) is -0.973. The molecule has 2 amide bonds. The Balaban J connectivity index is 2.06. The maximum atomic E-state index is 12.1. The summed E-state index contributed by atoms with van der Waals surface area (Å²) in [5.41, 5.74) is 1.05. The van der Waals surface area contributed by atoms with Crippen LogP contribution in [0.2, 0.25) is 0 Å². The summed E-state index contributed by atoms with van der Waals surface area (Å²) >= 11 is 0. The summed E-state index contributed by atoms with van der Waals surface area (Å²) in [7, 11) is 0. The Morgan fingerprint density at radius 1 is 1.30 bits per heavy atom. The van der Waals surface area contributed by atoms with Crippen LogP contribution in [0.15, 0.2) is 24.3 Å². The van der Waals surface area contributed by atoms with Gasteiger partial charge in [-0.25, -0.2) is 9.59 Å². The van der Waals surface area contributed by atoms with Crippen LogP contribution >= 0.6 is 0 Å². The minimum absolute atomic E-state index is 0.415. The summed E-state index contributed by atoms with van der Waals surface area (Å²) < 4.78 is 0. The first-order valence-corrected chi connectivity index (χ1v) is 6.42. The molecule has 20 heavy (non-hydrogen) atoms. The molecule has 6 nitrogen and oxygen atoms in total. The summed E-state index contributed by atoms with van der Waals surface area (Å²) in [5, 5.41) is 20.5. The number of aliphatic carboxylic acids is 1. The molecule has 2 rings (SSSR count). The van der Waals surface area contributed by atoms with E-state index in [-0.39, 0.29) is 0 Å². The molecule has 0 aromatic heterocycles. The number of anilines is 1. The highest BCUT2D eigenvalue weighted by Crippen LogP contribution is 2.19. The first-order valence-electron chi connectivity index (χ1n) is 6.42. The first kappa shape index (κ1) is 13.9. The van der Waals surface area contributed by atoms with Crippen molar-refractivity contribution in [1.29, 1.82) is 5.26 Å². The number of hydrogen-bond donors (Lipinski definition) is 2. The van der Waals surface area contributed by atoms with Gasteiger partial charge in [0, 0.05) is 12.2 Å². The van der Waals surface area contributed by atoms with E-state index in [1.54, 1.807) is 24.3 Å². The van der Waals surface area contributed by atoms with Gasteiger partial charge in [-0.1, -0.05) is 0 Å². The zero-order chi connectivity index (χ0) is 14.5. The molecule has 104 valence electrons. The van der Waals surface area contributed by atoms with Gasteiger partial charge in [-0.15, -0.1) is 0 Å². The Morgan fingerprint density at radius 2 is 2.00 bits per heavy atom. The quantitative estimate of drug-likeness (QED) is 0.862. The number of carbonyl (C=O) groups excluding carboxylic acids is 1. The Labute approximate surface area is 116 Å². The number of likely N-dealkylation sites (tertiary alicyclic amines) is 1. The standard InChI is InChI=1S/C14H15N3O3/c15-9-10-4-6-11(7-5-10)16-14(20)17-8-2-1-3-12(17)13(18)19/h4-7,12H,1-3,8H2,(H,16,20)(H,18,19). The van der Waals surface area contributed by atoms with E-state index in [0.717, 1.165) is 12.8 Å². The number of nitriles is 1. The van der Waals surface area contributed by atoms with E-state index in [2.05, 4.69) is 5.32 Å². The number of hydrogen-bond acceptors (Lipinski definition) is 3. The number of carbonyl (C=O) groups is 2. The molecule has 1 atom stereocenters. The third kappa shape index (κ3) is 3.06. The fourth-order valence-electron chi connectivity index (χ4n) is 2.25. The van der Waals surface area contributed by atoms with Crippen LogP contribution in [0.4, 0.5) is 10.5 Å². The molecule has 1 unspecified atom stereocenters. The highest BCUT2D eigenvalue weighted by molar-refractivity contribution is 5.92. The van der Waals surface area contributed by atoms with Crippen molar-refractivity contribution < 1.29 is 14.7 Å². The van der Waals surface area contributed by atoms with Crippen LogP contribution in [0.5, 0.6) is 0 Å². The largest absolute Gasteiger partial charge is 0.480 e. The average Bonchev–Trinajstić information content (AvgIpc) is 2.48. The van der Waals surface area contributed by atoms with Crippen LogP contribution in [0.25, 0.3) is 0 Å². The summed E-state index contributed by atoms with van der Waals surface area (Å²) in [6.07, 6.45) is 2.11. The Bertz CT molecular complexity index is 548. The molecular weight excluding hydrogens is 258 g/mol. The topological polar surface area (TPSA) is 93.4 Å². The van der Waals surface area contributed by atoms with Crippen LogP contribution < -0.4 is 5.32 Å². The van der Waals surface area contributed by atoms with Crippen molar-refractivity contribution in [2.75, 3.05) is 11.9 Å². The third-order valence-electron chi connectivity index (χ3n) is 3.31. The normalized spacial score (nSPS) is 18.1. The molecule has 1 saturated heterocycles. The molecule has 0 radical (unpaired) electrons. The molecule has 0 spiro atoms. The van der Waals surface area contributed by atoms with Crippen molar-refractivity contribution in [3.63, 3.8) is 0 Å². The number of nitrogens with one attached hydrogen (secondary N) is 1. The fourth-order valence-corrected chi connectivity index (χ4v) is 2.25. The van der Waals surface area contributed by atoms with Crippen molar-refractivity contribution in [3.8, 4) is 6.07 Å². The molecule has 1 fully saturated rings. The monoisotopic (exact) mass is 273 g/mol. The summed E-state index contributed by atoms with van der Waals surface area (Å²) in [4.78, 5) is 24.6. The van der Waals surface area contributed by atoms with Gasteiger partial charge in [0.15, 0.2) is 0 Å². The summed E-state index contributed by atoms with van der Waals surface area (Å²) in [6.45, 7) is 0.444. The molecule has 0 aliphatic carbocycles. The molecule has 0 bridgehead atoms. The predicted molar refractivity (Wildman–Crippen MR) is 72.2 cm³/mol. The second-order valence-electron chi connectivity index (χ2n) is 4.66. The fraction of sp³-hybridized carbons (Fsp3) is 0.357. The van der Waals surface area contributed by atoms with Crippen LogP contribution in [-0.4, -0.2) is 34.6 Å².